The Kier molecular flexibility index (Phi) is 3.84. The van der Waals surface area contributed by atoms with Gasteiger partial charge in [-0.25, -0.2) is 0 Å². The molecule has 2 heteroatoms. The first-order chi connectivity index (χ1) is 9.73. The number of H-pyrrole nitrogens is 1. The Bertz CT molecular complexity index is 574. The van der Waals surface area contributed by atoms with Crippen LogP contribution in [-0.4, -0.2) is 10.1 Å². The summed E-state index contributed by atoms with van der Waals surface area (Å²) in [6.07, 6.45) is 9.92. The van der Waals surface area contributed by atoms with Crippen LogP contribution >= 0.6 is 0 Å². The molecule has 0 amide bonds. The fraction of sp³-hybridized carbons (Fsp3) is 0.556. The number of aromatic nitrogens is 1. The molecule has 2 unspecified atom stereocenters. The van der Waals surface area contributed by atoms with E-state index in [0.717, 1.165) is 42.7 Å². The Morgan fingerprint density at radius 2 is 2.15 bits per heavy atom. The van der Waals surface area contributed by atoms with Crippen LogP contribution in [0.4, 0.5) is 0 Å². The van der Waals surface area contributed by atoms with Gasteiger partial charge in [0.25, 0.3) is 0 Å². The van der Waals surface area contributed by atoms with Crippen molar-refractivity contribution in [2.75, 3.05) is 0 Å². The standard InChI is InChI=1S/C18H25NO/c1-2-5-14-6-4-11-18(20,12-9-14)16-7-3-8-17-15(16)10-13-19-17/h3,7-8,10,13-14,19-20H,2,4-6,9,11-12H2,1H3. The Morgan fingerprint density at radius 1 is 1.25 bits per heavy atom. The largest absolute Gasteiger partial charge is 0.385 e. The minimum absolute atomic E-state index is 0.635. The van der Waals surface area contributed by atoms with E-state index in [4.69, 9.17) is 0 Å². The molecule has 108 valence electrons. The van der Waals surface area contributed by atoms with E-state index in [2.05, 4.69) is 36.2 Å². The molecule has 1 aliphatic carbocycles. The molecular formula is C18H25NO. The van der Waals surface area contributed by atoms with Gasteiger partial charge in [-0.2, -0.15) is 0 Å². The molecule has 0 aliphatic heterocycles. The summed E-state index contributed by atoms with van der Waals surface area (Å²) in [4.78, 5) is 3.25. The predicted octanol–water partition coefficient (Wildman–Crippen LogP) is 4.74. The van der Waals surface area contributed by atoms with Crippen molar-refractivity contribution in [3.8, 4) is 0 Å². The van der Waals surface area contributed by atoms with Crippen LogP contribution in [0.5, 0.6) is 0 Å². The highest BCUT2D eigenvalue weighted by atomic mass is 16.3. The Labute approximate surface area is 121 Å². The molecular weight excluding hydrogens is 246 g/mol. The van der Waals surface area contributed by atoms with Gasteiger partial charge in [0.05, 0.1) is 5.60 Å². The third-order valence-electron chi connectivity index (χ3n) is 4.96. The third-order valence-corrected chi connectivity index (χ3v) is 4.96. The smallest absolute Gasteiger partial charge is 0.0903 e. The zero-order chi connectivity index (χ0) is 14.0. The van der Waals surface area contributed by atoms with Gasteiger partial charge in [0, 0.05) is 17.1 Å². The molecule has 0 spiro atoms. The average molecular weight is 271 g/mol. The second-order valence-electron chi connectivity index (χ2n) is 6.36. The monoisotopic (exact) mass is 271 g/mol. The Hall–Kier alpha value is -1.28. The van der Waals surface area contributed by atoms with Gasteiger partial charge in [-0.15, -0.1) is 0 Å². The minimum atomic E-state index is -0.635. The molecule has 0 saturated heterocycles. The molecule has 0 bridgehead atoms. The number of aliphatic hydroxyl groups is 1. The number of aromatic amines is 1. The normalized spacial score (nSPS) is 27.6. The highest BCUT2D eigenvalue weighted by Crippen LogP contribution is 2.41. The van der Waals surface area contributed by atoms with E-state index < -0.39 is 5.60 Å². The molecule has 1 fully saturated rings. The van der Waals surface area contributed by atoms with Crippen molar-refractivity contribution in [1.29, 1.82) is 0 Å². The first-order valence-electron chi connectivity index (χ1n) is 8.02. The minimum Gasteiger partial charge on any atom is -0.385 e. The molecule has 1 aromatic heterocycles. The topological polar surface area (TPSA) is 36.0 Å². The van der Waals surface area contributed by atoms with E-state index in [1.54, 1.807) is 0 Å². The lowest BCUT2D eigenvalue weighted by Gasteiger charge is -2.28. The quantitative estimate of drug-likeness (QED) is 0.777. The van der Waals surface area contributed by atoms with Crippen LogP contribution in [0, 0.1) is 5.92 Å². The molecule has 2 nitrogen and oxygen atoms in total. The van der Waals surface area contributed by atoms with Gasteiger partial charge in [0.2, 0.25) is 0 Å². The molecule has 3 rings (SSSR count). The summed E-state index contributed by atoms with van der Waals surface area (Å²) in [5, 5.41) is 12.4. The van der Waals surface area contributed by atoms with E-state index in [1.165, 1.54) is 24.6 Å². The van der Waals surface area contributed by atoms with E-state index in [1.807, 2.05) is 6.20 Å². The molecule has 2 atom stereocenters. The van der Waals surface area contributed by atoms with Crippen molar-refractivity contribution >= 4 is 10.9 Å². The highest BCUT2D eigenvalue weighted by molar-refractivity contribution is 5.83. The maximum absolute atomic E-state index is 11.2. The molecule has 20 heavy (non-hydrogen) atoms. The summed E-state index contributed by atoms with van der Waals surface area (Å²) in [5.74, 6) is 0.805. The van der Waals surface area contributed by atoms with E-state index >= 15 is 0 Å². The molecule has 1 saturated carbocycles. The van der Waals surface area contributed by atoms with Crippen LogP contribution in [0.25, 0.3) is 10.9 Å². The summed E-state index contributed by atoms with van der Waals surface area (Å²) < 4.78 is 0. The van der Waals surface area contributed by atoms with Gasteiger partial charge in [0.1, 0.15) is 0 Å². The van der Waals surface area contributed by atoms with Gasteiger partial charge < -0.3 is 10.1 Å². The fourth-order valence-corrected chi connectivity index (χ4v) is 3.85. The second kappa shape index (κ2) is 5.61. The van der Waals surface area contributed by atoms with Crippen LogP contribution in [0.1, 0.15) is 57.4 Å². The van der Waals surface area contributed by atoms with Crippen molar-refractivity contribution < 1.29 is 5.11 Å². The number of rotatable bonds is 3. The number of hydrogen-bond acceptors (Lipinski definition) is 1. The summed E-state index contributed by atoms with van der Waals surface area (Å²) in [6, 6.07) is 8.34. The number of hydrogen-bond donors (Lipinski definition) is 2. The van der Waals surface area contributed by atoms with Gasteiger partial charge in [-0.3, -0.25) is 0 Å². The van der Waals surface area contributed by atoms with Crippen molar-refractivity contribution in [2.45, 2.75) is 57.5 Å². The summed E-state index contributed by atoms with van der Waals surface area (Å²) in [5.41, 5.74) is 1.61. The molecule has 2 aromatic rings. The van der Waals surface area contributed by atoms with Gasteiger partial charge in [-0.05, 0) is 49.3 Å². The Balaban J connectivity index is 1.90. The van der Waals surface area contributed by atoms with Crippen LogP contribution < -0.4 is 0 Å². The second-order valence-corrected chi connectivity index (χ2v) is 6.36. The zero-order valence-corrected chi connectivity index (χ0v) is 12.4. The fourth-order valence-electron chi connectivity index (χ4n) is 3.85. The van der Waals surface area contributed by atoms with Crippen molar-refractivity contribution in [3.63, 3.8) is 0 Å². The first kappa shape index (κ1) is 13.7. The zero-order valence-electron chi connectivity index (χ0n) is 12.4. The van der Waals surface area contributed by atoms with Gasteiger partial charge in [0.15, 0.2) is 0 Å². The van der Waals surface area contributed by atoms with Crippen LogP contribution in [0.2, 0.25) is 0 Å². The molecule has 0 radical (unpaired) electrons. The first-order valence-corrected chi connectivity index (χ1v) is 8.02. The Morgan fingerprint density at radius 3 is 3.00 bits per heavy atom. The van der Waals surface area contributed by atoms with Gasteiger partial charge >= 0.3 is 0 Å². The van der Waals surface area contributed by atoms with Crippen LogP contribution in [-0.2, 0) is 5.60 Å². The summed E-state index contributed by atoms with van der Waals surface area (Å²) in [6.45, 7) is 2.26. The number of nitrogens with one attached hydrogen (secondary N) is 1. The molecule has 1 heterocycles. The van der Waals surface area contributed by atoms with E-state index in [-0.39, 0.29) is 0 Å². The lowest BCUT2D eigenvalue weighted by Crippen LogP contribution is -2.25. The predicted molar refractivity (Wildman–Crippen MR) is 83.7 cm³/mol. The maximum atomic E-state index is 11.2. The van der Waals surface area contributed by atoms with Crippen molar-refractivity contribution in [2.24, 2.45) is 5.92 Å². The average Bonchev–Trinajstić information content (AvgIpc) is 2.85. The number of benzene rings is 1. The van der Waals surface area contributed by atoms with Crippen molar-refractivity contribution in [1.82, 2.24) is 4.98 Å². The number of fused-ring (bicyclic) bond motifs is 1. The molecule has 2 N–H and O–H groups in total. The molecule has 1 aliphatic rings. The highest BCUT2D eigenvalue weighted by Gasteiger charge is 2.33. The lowest BCUT2D eigenvalue weighted by atomic mass is 9.84. The van der Waals surface area contributed by atoms with Gasteiger partial charge in [-0.1, -0.05) is 38.3 Å². The van der Waals surface area contributed by atoms with E-state index in [9.17, 15) is 5.11 Å². The third kappa shape index (κ3) is 2.49. The summed E-state index contributed by atoms with van der Waals surface area (Å²) in [7, 11) is 0. The van der Waals surface area contributed by atoms with Crippen molar-refractivity contribution in [3.05, 3.63) is 36.0 Å². The van der Waals surface area contributed by atoms with Crippen LogP contribution in [0.3, 0.4) is 0 Å². The lowest BCUT2D eigenvalue weighted by molar-refractivity contribution is 0.0210. The summed E-state index contributed by atoms with van der Waals surface area (Å²) >= 11 is 0. The maximum Gasteiger partial charge on any atom is 0.0903 e. The van der Waals surface area contributed by atoms with Crippen LogP contribution in [0.15, 0.2) is 30.5 Å². The SMILES string of the molecule is CCCC1CCCC(O)(c2cccc3[nH]ccc23)CC1. The van der Waals surface area contributed by atoms with E-state index in [0.29, 0.717) is 0 Å². The molecule has 1 aromatic carbocycles.